The molecule has 154 valence electrons. The summed E-state index contributed by atoms with van der Waals surface area (Å²) in [6.07, 6.45) is 6.29. The molecule has 0 unspecified atom stereocenters. The third-order valence-corrected chi connectivity index (χ3v) is 7.69. The quantitative estimate of drug-likeness (QED) is 0.423. The number of esters is 1. The molecule has 0 aromatic heterocycles. The molecule has 0 radical (unpaired) electrons. The topological polar surface area (TPSA) is 26.3 Å². The highest BCUT2D eigenvalue weighted by Gasteiger charge is 2.52. The largest absolute Gasteiger partial charge is 0.427 e. The van der Waals surface area contributed by atoms with Crippen molar-refractivity contribution in [2.45, 2.75) is 77.6 Å². The Morgan fingerprint density at radius 3 is 2.59 bits per heavy atom. The maximum Gasteiger partial charge on any atom is 0.311 e. The molecule has 2 aliphatic rings. The van der Waals surface area contributed by atoms with Gasteiger partial charge in [-0.2, -0.15) is 0 Å². The van der Waals surface area contributed by atoms with Crippen molar-refractivity contribution in [3.05, 3.63) is 65.2 Å². The second-order valence-electron chi connectivity index (χ2n) is 10.1. The predicted molar refractivity (Wildman–Crippen MR) is 118 cm³/mol. The van der Waals surface area contributed by atoms with Gasteiger partial charge in [-0.15, -0.1) is 0 Å². The van der Waals surface area contributed by atoms with Crippen molar-refractivity contribution in [1.29, 1.82) is 0 Å². The summed E-state index contributed by atoms with van der Waals surface area (Å²) in [6.45, 7) is 9.32. The second-order valence-corrected chi connectivity index (χ2v) is 10.1. The molecule has 4 rings (SSSR count). The first kappa shape index (κ1) is 20.2. The van der Waals surface area contributed by atoms with Gasteiger partial charge in [0.05, 0.1) is 6.42 Å². The Bertz CT molecular complexity index is 885. The minimum Gasteiger partial charge on any atom is -0.427 e. The number of hydrogen-bond donors (Lipinski definition) is 0. The van der Waals surface area contributed by atoms with Crippen LogP contribution in [-0.4, -0.2) is 5.97 Å². The van der Waals surface area contributed by atoms with Crippen LogP contribution >= 0.6 is 0 Å². The van der Waals surface area contributed by atoms with Crippen LogP contribution in [0.3, 0.4) is 0 Å². The summed E-state index contributed by atoms with van der Waals surface area (Å²) in [5.41, 5.74) is 4.65. The van der Waals surface area contributed by atoms with E-state index in [0.29, 0.717) is 24.0 Å². The maximum atomic E-state index is 12.8. The molecular formula is C27H34O2. The lowest BCUT2D eigenvalue weighted by Crippen LogP contribution is -2.50. The zero-order valence-corrected chi connectivity index (χ0v) is 18.3. The van der Waals surface area contributed by atoms with Gasteiger partial charge in [0.2, 0.25) is 0 Å². The van der Waals surface area contributed by atoms with Gasteiger partial charge in [0.15, 0.2) is 0 Å². The van der Waals surface area contributed by atoms with Crippen molar-refractivity contribution in [2.24, 2.45) is 11.3 Å². The molecule has 2 nitrogen and oxygen atoms in total. The summed E-state index contributed by atoms with van der Waals surface area (Å²) < 4.78 is 5.67. The molecular weight excluding hydrogens is 356 g/mol. The normalized spacial score (nSPS) is 28.5. The highest BCUT2D eigenvalue weighted by Crippen LogP contribution is 2.58. The lowest BCUT2D eigenvalue weighted by atomic mass is 9.49. The Balaban J connectivity index is 1.58. The fourth-order valence-corrected chi connectivity index (χ4v) is 6.20. The van der Waals surface area contributed by atoms with E-state index >= 15 is 0 Å². The summed E-state index contributed by atoms with van der Waals surface area (Å²) in [5.74, 6) is 1.64. The SMILES string of the molecule is CC(C)c1ccc2c(c1)CC[C@H]1[C@](C)(CC(=O)Oc3ccccc3)CCC[C@]21C. The molecule has 2 aliphatic carbocycles. The Morgan fingerprint density at radius 2 is 1.86 bits per heavy atom. The minimum atomic E-state index is -0.0936. The summed E-state index contributed by atoms with van der Waals surface area (Å²) in [5, 5.41) is 0. The zero-order valence-electron chi connectivity index (χ0n) is 18.3. The molecule has 0 aliphatic heterocycles. The highest BCUT2D eigenvalue weighted by atomic mass is 16.5. The molecule has 2 aromatic rings. The highest BCUT2D eigenvalue weighted by molar-refractivity contribution is 5.73. The molecule has 3 atom stereocenters. The van der Waals surface area contributed by atoms with Gasteiger partial charge in [0.1, 0.15) is 5.75 Å². The summed E-state index contributed by atoms with van der Waals surface area (Å²) in [7, 11) is 0. The Morgan fingerprint density at radius 1 is 1.10 bits per heavy atom. The number of carbonyl (C=O) groups excluding carboxylic acids is 1. The van der Waals surface area contributed by atoms with Crippen molar-refractivity contribution in [2.75, 3.05) is 0 Å². The molecule has 0 bridgehead atoms. The van der Waals surface area contributed by atoms with Crippen molar-refractivity contribution < 1.29 is 9.53 Å². The average molecular weight is 391 g/mol. The molecule has 0 saturated heterocycles. The fourth-order valence-electron chi connectivity index (χ4n) is 6.20. The van der Waals surface area contributed by atoms with E-state index in [1.54, 1.807) is 0 Å². The van der Waals surface area contributed by atoms with Gasteiger partial charge in [0.25, 0.3) is 0 Å². The van der Waals surface area contributed by atoms with Crippen LogP contribution in [0.15, 0.2) is 48.5 Å². The number of rotatable bonds is 4. The number of carbonyl (C=O) groups is 1. The van der Waals surface area contributed by atoms with Crippen LogP contribution in [0.25, 0.3) is 0 Å². The first-order chi connectivity index (χ1) is 13.8. The van der Waals surface area contributed by atoms with Gasteiger partial charge in [-0.1, -0.05) is 70.5 Å². The van der Waals surface area contributed by atoms with E-state index in [9.17, 15) is 4.79 Å². The van der Waals surface area contributed by atoms with Crippen LogP contribution in [0.5, 0.6) is 5.75 Å². The van der Waals surface area contributed by atoms with Crippen LogP contribution in [0, 0.1) is 11.3 Å². The minimum absolute atomic E-state index is 0.00667. The molecule has 0 heterocycles. The van der Waals surface area contributed by atoms with Crippen molar-refractivity contribution >= 4 is 5.97 Å². The number of fused-ring (bicyclic) bond motifs is 3. The zero-order chi connectivity index (χ0) is 20.6. The molecule has 1 fully saturated rings. The van der Waals surface area contributed by atoms with Crippen LogP contribution < -0.4 is 4.74 Å². The summed E-state index contributed by atoms with van der Waals surface area (Å²) in [4.78, 5) is 12.8. The smallest absolute Gasteiger partial charge is 0.311 e. The van der Waals surface area contributed by atoms with E-state index < -0.39 is 0 Å². The number of ether oxygens (including phenoxy) is 1. The van der Waals surface area contributed by atoms with Crippen molar-refractivity contribution in [3.63, 3.8) is 0 Å². The molecule has 29 heavy (non-hydrogen) atoms. The third kappa shape index (κ3) is 3.74. The van der Waals surface area contributed by atoms with Crippen LogP contribution in [0.4, 0.5) is 0 Å². The first-order valence-electron chi connectivity index (χ1n) is 11.2. The molecule has 0 amide bonds. The van der Waals surface area contributed by atoms with E-state index in [1.807, 2.05) is 30.3 Å². The van der Waals surface area contributed by atoms with E-state index in [4.69, 9.17) is 4.74 Å². The Hall–Kier alpha value is -2.09. The van der Waals surface area contributed by atoms with Gasteiger partial charge >= 0.3 is 5.97 Å². The lowest BCUT2D eigenvalue weighted by molar-refractivity contribution is -0.139. The van der Waals surface area contributed by atoms with Gasteiger partial charge in [-0.05, 0) is 77.2 Å². The van der Waals surface area contributed by atoms with E-state index in [-0.39, 0.29) is 16.8 Å². The average Bonchev–Trinajstić information content (AvgIpc) is 2.68. The van der Waals surface area contributed by atoms with E-state index in [0.717, 1.165) is 12.8 Å². The van der Waals surface area contributed by atoms with Gasteiger partial charge in [-0.25, -0.2) is 0 Å². The van der Waals surface area contributed by atoms with Crippen molar-refractivity contribution in [1.82, 2.24) is 0 Å². The number of para-hydroxylation sites is 1. The standard InChI is InChI=1S/C27H34O2/c1-19(2)20-11-13-23-21(17-20)12-14-24-26(3,15-8-16-27(23,24)4)18-25(28)29-22-9-6-5-7-10-22/h5-7,9-11,13,17,19,24H,8,12,14-16,18H2,1-4H3/t24-,26-,27+/m0/s1. The number of benzene rings is 2. The second kappa shape index (κ2) is 7.63. The number of hydrogen-bond acceptors (Lipinski definition) is 2. The molecule has 2 heteroatoms. The fraction of sp³-hybridized carbons (Fsp3) is 0.519. The van der Waals surface area contributed by atoms with Crippen LogP contribution in [0.2, 0.25) is 0 Å². The summed E-state index contributed by atoms with van der Waals surface area (Å²) in [6, 6.07) is 16.6. The number of aryl methyl sites for hydroxylation is 1. The molecule has 1 saturated carbocycles. The van der Waals surface area contributed by atoms with Gasteiger partial charge < -0.3 is 4.74 Å². The first-order valence-corrected chi connectivity index (χ1v) is 11.2. The van der Waals surface area contributed by atoms with Gasteiger partial charge in [-0.3, -0.25) is 4.79 Å². The van der Waals surface area contributed by atoms with E-state index in [2.05, 4.69) is 45.9 Å². The van der Waals surface area contributed by atoms with Crippen molar-refractivity contribution in [3.8, 4) is 5.75 Å². The Labute approximate surface area is 175 Å². The molecule has 0 N–H and O–H groups in total. The summed E-state index contributed by atoms with van der Waals surface area (Å²) >= 11 is 0. The maximum absolute atomic E-state index is 12.8. The van der Waals surface area contributed by atoms with Gasteiger partial charge in [0, 0.05) is 0 Å². The third-order valence-electron chi connectivity index (χ3n) is 7.69. The van der Waals surface area contributed by atoms with Crippen LogP contribution in [-0.2, 0) is 16.6 Å². The Kier molecular flexibility index (Phi) is 5.31. The van der Waals surface area contributed by atoms with E-state index in [1.165, 1.54) is 36.0 Å². The monoisotopic (exact) mass is 390 g/mol. The molecule has 0 spiro atoms. The predicted octanol–water partition coefficient (Wildman–Crippen LogP) is 6.82. The lowest BCUT2D eigenvalue weighted by Gasteiger charge is -2.55. The molecule has 2 aromatic carbocycles. The van der Waals surface area contributed by atoms with Crippen LogP contribution in [0.1, 0.15) is 82.4 Å².